The van der Waals surface area contributed by atoms with Crippen LogP contribution >= 0.6 is 17.0 Å². The van der Waals surface area contributed by atoms with Gasteiger partial charge in [-0.25, -0.2) is 0 Å². The van der Waals surface area contributed by atoms with Crippen LogP contribution in [0.5, 0.6) is 0 Å². The molecule has 0 saturated carbocycles. The standard InChI is InChI=1S/C18H28N2O.BrH/c1-13(2)11-20(12-14(3)4)9-8-15-6-5-7-17-16(15)10-18(21)19-17;/h5-7,13-14H,8-12H2,1-4H3,(H,19,21);1H. The van der Waals surface area contributed by atoms with E-state index in [1.165, 1.54) is 11.1 Å². The topological polar surface area (TPSA) is 32.3 Å². The van der Waals surface area contributed by atoms with Gasteiger partial charge in [-0.3, -0.25) is 4.79 Å². The van der Waals surface area contributed by atoms with E-state index in [2.05, 4.69) is 50.0 Å². The van der Waals surface area contributed by atoms with Crippen molar-refractivity contribution in [3.05, 3.63) is 29.3 Å². The molecule has 0 bridgehead atoms. The lowest BCUT2D eigenvalue weighted by Crippen LogP contribution is -2.33. The average molecular weight is 369 g/mol. The third kappa shape index (κ3) is 5.40. The minimum absolute atomic E-state index is 0. The van der Waals surface area contributed by atoms with Gasteiger partial charge >= 0.3 is 0 Å². The number of hydrogen-bond acceptors (Lipinski definition) is 2. The van der Waals surface area contributed by atoms with Crippen LogP contribution in [0.25, 0.3) is 0 Å². The van der Waals surface area contributed by atoms with Gasteiger partial charge in [-0.2, -0.15) is 0 Å². The fraction of sp³-hybridized carbons (Fsp3) is 0.611. The van der Waals surface area contributed by atoms with Gasteiger partial charge in [0.25, 0.3) is 0 Å². The lowest BCUT2D eigenvalue weighted by Gasteiger charge is -2.26. The molecule has 0 radical (unpaired) electrons. The molecule has 0 spiro atoms. The minimum Gasteiger partial charge on any atom is -0.326 e. The summed E-state index contributed by atoms with van der Waals surface area (Å²) < 4.78 is 0. The second-order valence-electron chi connectivity index (χ2n) is 6.97. The van der Waals surface area contributed by atoms with Crippen LogP contribution in [0.3, 0.4) is 0 Å². The summed E-state index contributed by atoms with van der Waals surface area (Å²) in [6.45, 7) is 12.5. The molecule has 2 rings (SSSR count). The average Bonchev–Trinajstić information content (AvgIpc) is 2.75. The monoisotopic (exact) mass is 368 g/mol. The van der Waals surface area contributed by atoms with E-state index in [-0.39, 0.29) is 22.9 Å². The molecule has 4 heteroatoms. The molecule has 1 aromatic rings. The highest BCUT2D eigenvalue weighted by Crippen LogP contribution is 2.26. The highest BCUT2D eigenvalue weighted by Gasteiger charge is 2.20. The summed E-state index contributed by atoms with van der Waals surface area (Å²) in [7, 11) is 0. The fourth-order valence-electron chi connectivity index (χ4n) is 3.12. The number of benzene rings is 1. The van der Waals surface area contributed by atoms with E-state index in [4.69, 9.17) is 0 Å². The lowest BCUT2D eigenvalue weighted by molar-refractivity contribution is -0.115. The molecule has 1 N–H and O–H groups in total. The van der Waals surface area contributed by atoms with Crippen LogP contribution in [0, 0.1) is 11.8 Å². The van der Waals surface area contributed by atoms with Crippen molar-refractivity contribution >= 4 is 28.6 Å². The summed E-state index contributed by atoms with van der Waals surface area (Å²) in [6.07, 6.45) is 1.57. The third-order valence-electron chi connectivity index (χ3n) is 3.83. The third-order valence-corrected chi connectivity index (χ3v) is 3.83. The van der Waals surface area contributed by atoms with E-state index in [9.17, 15) is 4.79 Å². The zero-order chi connectivity index (χ0) is 15.4. The predicted molar refractivity (Wildman–Crippen MR) is 98.9 cm³/mol. The van der Waals surface area contributed by atoms with Crippen LogP contribution in [0.1, 0.15) is 38.8 Å². The summed E-state index contributed by atoms with van der Waals surface area (Å²) in [5.74, 6) is 1.50. The molecular formula is C18H29BrN2O. The summed E-state index contributed by atoms with van der Waals surface area (Å²) >= 11 is 0. The molecule has 1 aromatic carbocycles. The van der Waals surface area contributed by atoms with Gasteiger partial charge in [-0.05, 0) is 35.4 Å². The number of nitrogens with zero attached hydrogens (tertiary/aromatic N) is 1. The molecule has 0 atom stereocenters. The van der Waals surface area contributed by atoms with Gasteiger partial charge in [0.2, 0.25) is 5.91 Å². The summed E-state index contributed by atoms with van der Waals surface area (Å²) in [5.41, 5.74) is 3.54. The molecule has 1 heterocycles. The normalized spacial score (nSPS) is 13.5. The SMILES string of the molecule is Br.CC(C)CN(CCc1cccc2c1CC(=O)N2)CC(C)C. The van der Waals surface area contributed by atoms with Gasteiger partial charge in [0.15, 0.2) is 0 Å². The number of rotatable bonds is 7. The Balaban J connectivity index is 0.00000242. The Morgan fingerprint density at radius 3 is 2.36 bits per heavy atom. The first-order valence-electron chi connectivity index (χ1n) is 8.08. The van der Waals surface area contributed by atoms with Gasteiger partial charge in [0.05, 0.1) is 6.42 Å². The molecule has 3 nitrogen and oxygen atoms in total. The predicted octanol–water partition coefficient (Wildman–Crippen LogP) is 3.92. The van der Waals surface area contributed by atoms with E-state index in [0.717, 1.165) is 31.7 Å². The minimum atomic E-state index is 0. The molecule has 0 aliphatic carbocycles. The quantitative estimate of drug-likeness (QED) is 0.790. The van der Waals surface area contributed by atoms with Crippen LogP contribution in [0.4, 0.5) is 5.69 Å². The van der Waals surface area contributed by atoms with Gasteiger partial charge in [-0.1, -0.05) is 39.8 Å². The molecule has 22 heavy (non-hydrogen) atoms. The number of anilines is 1. The van der Waals surface area contributed by atoms with Gasteiger partial charge in [-0.15, -0.1) is 17.0 Å². The van der Waals surface area contributed by atoms with Gasteiger partial charge in [0.1, 0.15) is 0 Å². The van der Waals surface area contributed by atoms with Crippen molar-refractivity contribution in [1.82, 2.24) is 4.90 Å². The summed E-state index contributed by atoms with van der Waals surface area (Å²) in [4.78, 5) is 14.1. The number of halogens is 1. The second kappa shape index (κ2) is 8.68. The number of hydrogen-bond donors (Lipinski definition) is 1. The zero-order valence-corrected chi connectivity index (χ0v) is 15.9. The van der Waals surface area contributed by atoms with Crippen molar-refractivity contribution in [2.75, 3.05) is 25.0 Å². The Labute approximate surface area is 145 Å². The van der Waals surface area contributed by atoms with Crippen molar-refractivity contribution in [2.45, 2.75) is 40.5 Å². The maximum atomic E-state index is 11.6. The van der Waals surface area contributed by atoms with Crippen molar-refractivity contribution in [3.63, 3.8) is 0 Å². The molecule has 0 fully saturated rings. The van der Waals surface area contributed by atoms with Gasteiger partial charge < -0.3 is 10.2 Å². The number of nitrogens with one attached hydrogen (secondary N) is 1. The first-order valence-corrected chi connectivity index (χ1v) is 8.08. The molecule has 0 aromatic heterocycles. The maximum absolute atomic E-state index is 11.6. The Morgan fingerprint density at radius 2 is 1.77 bits per heavy atom. The smallest absolute Gasteiger partial charge is 0.228 e. The Bertz CT molecular complexity index is 490. The fourth-order valence-corrected chi connectivity index (χ4v) is 3.12. The van der Waals surface area contributed by atoms with E-state index in [0.29, 0.717) is 18.3 Å². The number of fused-ring (bicyclic) bond motifs is 1. The van der Waals surface area contributed by atoms with Crippen LogP contribution < -0.4 is 5.32 Å². The highest BCUT2D eigenvalue weighted by molar-refractivity contribution is 8.93. The largest absolute Gasteiger partial charge is 0.326 e. The Morgan fingerprint density at radius 1 is 1.14 bits per heavy atom. The Kier molecular flexibility index (Phi) is 7.57. The zero-order valence-electron chi connectivity index (χ0n) is 14.2. The Hall–Kier alpha value is -0.870. The van der Waals surface area contributed by atoms with Crippen molar-refractivity contribution in [3.8, 4) is 0 Å². The maximum Gasteiger partial charge on any atom is 0.228 e. The second-order valence-corrected chi connectivity index (χ2v) is 6.97. The van der Waals surface area contributed by atoms with Crippen molar-refractivity contribution in [2.24, 2.45) is 11.8 Å². The number of amides is 1. The molecule has 0 saturated heterocycles. The van der Waals surface area contributed by atoms with Crippen LogP contribution in [-0.2, 0) is 17.6 Å². The molecular weight excluding hydrogens is 340 g/mol. The lowest BCUT2D eigenvalue weighted by atomic mass is 10.0. The molecule has 1 amide bonds. The van der Waals surface area contributed by atoms with E-state index in [1.807, 2.05) is 6.07 Å². The first kappa shape index (κ1) is 19.2. The van der Waals surface area contributed by atoms with E-state index in [1.54, 1.807) is 0 Å². The van der Waals surface area contributed by atoms with Crippen molar-refractivity contribution < 1.29 is 4.79 Å². The van der Waals surface area contributed by atoms with Gasteiger partial charge in [0, 0.05) is 25.3 Å². The molecule has 124 valence electrons. The van der Waals surface area contributed by atoms with Crippen LogP contribution in [-0.4, -0.2) is 30.4 Å². The first-order chi connectivity index (χ1) is 9.95. The summed E-state index contributed by atoms with van der Waals surface area (Å²) in [5, 5.41) is 2.94. The van der Waals surface area contributed by atoms with Crippen LogP contribution in [0.15, 0.2) is 18.2 Å². The summed E-state index contributed by atoms with van der Waals surface area (Å²) in [6, 6.07) is 6.22. The molecule has 1 aliphatic rings. The highest BCUT2D eigenvalue weighted by atomic mass is 79.9. The van der Waals surface area contributed by atoms with Crippen LogP contribution in [0.2, 0.25) is 0 Å². The van der Waals surface area contributed by atoms with E-state index < -0.39 is 0 Å². The number of carbonyl (C=O) groups excluding carboxylic acids is 1. The van der Waals surface area contributed by atoms with E-state index >= 15 is 0 Å². The molecule has 0 unspecified atom stereocenters. The van der Waals surface area contributed by atoms with Crippen molar-refractivity contribution in [1.29, 1.82) is 0 Å². The number of carbonyl (C=O) groups is 1. The molecule has 1 aliphatic heterocycles.